The third-order valence-electron chi connectivity index (χ3n) is 4.65. The standard InChI is InChI=1S/C20H22Cl2N2O4S/c21-17-7-3-2-6-15(17)13-23-20(25)14-28-19-9-8-16(12-18(19)22)29(26,27)24-10-4-1-5-11-24/h2-3,6-9,12H,1,4-5,10-11,13-14H2,(H,23,25). The molecule has 0 spiro atoms. The second-order valence-electron chi connectivity index (χ2n) is 6.71. The lowest BCUT2D eigenvalue weighted by Gasteiger charge is -2.26. The highest BCUT2D eigenvalue weighted by molar-refractivity contribution is 7.89. The summed E-state index contributed by atoms with van der Waals surface area (Å²) in [5.74, 6) is -0.0943. The van der Waals surface area contributed by atoms with E-state index in [-0.39, 0.29) is 34.7 Å². The van der Waals surface area contributed by atoms with E-state index in [0.717, 1.165) is 24.8 Å². The Hall–Kier alpha value is -1.80. The zero-order valence-corrected chi connectivity index (χ0v) is 18.1. The topological polar surface area (TPSA) is 75.7 Å². The molecule has 0 bridgehead atoms. The summed E-state index contributed by atoms with van der Waals surface area (Å²) in [5.41, 5.74) is 0.799. The normalized spacial score (nSPS) is 15.1. The van der Waals surface area contributed by atoms with E-state index in [1.165, 1.54) is 22.5 Å². The van der Waals surface area contributed by atoms with Gasteiger partial charge in [-0.3, -0.25) is 4.79 Å². The maximum Gasteiger partial charge on any atom is 0.258 e. The SMILES string of the molecule is O=C(COc1ccc(S(=O)(=O)N2CCCCC2)cc1Cl)NCc1ccccc1Cl. The van der Waals surface area contributed by atoms with Gasteiger partial charge in [-0.25, -0.2) is 8.42 Å². The Morgan fingerprint density at radius 3 is 2.45 bits per heavy atom. The number of nitrogens with one attached hydrogen (secondary N) is 1. The van der Waals surface area contributed by atoms with E-state index in [9.17, 15) is 13.2 Å². The Kier molecular flexibility index (Phi) is 7.40. The summed E-state index contributed by atoms with van der Waals surface area (Å²) in [5, 5.41) is 3.43. The van der Waals surface area contributed by atoms with Crippen LogP contribution in [-0.4, -0.2) is 38.3 Å². The molecule has 1 heterocycles. The van der Waals surface area contributed by atoms with Gasteiger partial charge in [0.1, 0.15) is 5.75 Å². The lowest BCUT2D eigenvalue weighted by atomic mass is 10.2. The second kappa shape index (κ2) is 9.80. The van der Waals surface area contributed by atoms with E-state index in [2.05, 4.69) is 5.32 Å². The van der Waals surface area contributed by atoms with Crippen molar-refractivity contribution in [2.75, 3.05) is 19.7 Å². The van der Waals surface area contributed by atoms with Crippen molar-refractivity contribution >= 4 is 39.1 Å². The van der Waals surface area contributed by atoms with Gasteiger partial charge in [-0.2, -0.15) is 4.31 Å². The molecule has 6 nitrogen and oxygen atoms in total. The van der Waals surface area contributed by atoms with Gasteiger partial charge in [-0.1, -0.05) is 47.8 Å². The van der Waals surface area contributed by atoms with Crippen molar-refractivity contribution in [2.24, 2.45) is 0 Å². The first-order valence-electron chi connectivity index (χ1n) is 9.30. The summed E-state index contributed by atoms with van der Waals surface area (Å²) in [4.78, 5) is 12.1. The first-order chi connectivity index (χ1) is 13.9. The van der Waals surface area contributed by atoms with E-state index in [1.807, 2.05) is 18.2 Å². The molecule has 1 fully saturated rings. The molecule has 156 valence electrons. The van der Waals surface area contributed by atoms with Crippen LogP contribution in [-0.2, 0) is 21.4 Å². The number of rotatable bonds is 7. The molecule has 1 aliphatic heterocycles. The number of piperidine rings is 1. The summed E-state index contributed by atoms with van der Waals surface area (Å²) < 4.78 is 32.4. The zero-order chi connectivity index (χ0) is 20.9. The second-order valence-corrected chi connectivity index (χ2v) is 9.47. The van der Waals surface area contributed by atoms with Gasteiger partial charge in [0, 0.05) is 24.7 Å². The Labute approximate surface area is 180 Å². The number of sulfonamides is 1. The number of hydrogen-bond acceptors (Lipinski definition) is 4. The van der Waals surface area contributed by atoms with Crippen molar-refractivity contribution in [1.82, 2.24) is 9.62 Å². The molecule has 0 unspecified atom stereocenters. The average molecular weight is 457 g/mol. The van der Waals surface area contributed by atoms with Gasteiger partial charge in [0.15, 0.2) is 6.61 Å². The third-order valence-corrected chi connectivity index (χ3v) is 7.21. The molecule has 0 saturated carbocycles. The number of carbonyl (C=O) groups excluding carboxylic acids is 1. The predicted molar refractivity (Wildman–Crippen MR) is 113 cm³/mol. The summed E-state index contributed by atoms with van der Waals surface area (Å²) in [6.07, 6.45) is 2.76. The van der Waals surface area contributed by atoms with E-state index < -0.39 is 10.0 Å². The quantitative estimate of drug-likeness (QED) is 0.685. The molecule has 1 saturated heterocycles. The van der Waals surface area contributed by atoms with Crippen LogP contribution in [0, 0.1) is 0 Å². The Balaban J connectivity index is 1.57. The van der Waals surface area contributed by atoms with Gasteiger partial charge in [-0.05, 0) is 42.7 Å². The molecular weight excluding hydrogens is 435 g/mol. The van der Waals surface area contributed by atoms with Crippen LogP contribution < -0.4 is 10.1 Å². The Morgan fingerprint density at radius 1 is 1.03 bits per heavy atom. The van der Waals surface area contributed by atoms with E-state index in [4.69, 9.17) is 27.9 Å². The highest BCUT2D eigenvalue weighted by Gasteiger charge is 2.26. The lowest BCUT2D eigenvalue weighted by molar-refractivity contribution is -0.123. The first-order valence-corrected chi connectivity index (χ1v) is 11.5. The minimum absolute atomic E-state index is 0.125. The molecule has 0 aromatic heterocycles. The maximum atomic E-state index is 12.7. The van der Waals surface area contributed by atoms with Gasteiger partial charge in [0.05, 0.1) is 9.92 Å². The van der Waals surface area contributed by atoms with Gasteiger partial charge in [0.2, 0.25) is 10.0 Å². The predicted octanol–water partition coefficient (Wildman–Crippen LogP) is 3.86. The zero-order valence-electron chi connectivity index (χ0n) is 15.7. The van der Waals surface area contributed by atoms with Crippen LogP contribution in [0.15, 0.2) is 47.4 Å². The van der Waals surface area contributed by atoms with Crippen LogP contribution in [0.1, 0.15) is 24.8 Å². The fraction of sp³-hybridized carbons (Fsp3) is 0.350. The molecule has 2 aromatic carbocycles. The lowest BCUT2D eigenvalue weighted by Crippen LogP contribution is -2.35. The number of benzene rings is 2. The molecule has 9 heteroatoms. The summed E-state index contributed by atoms with van der Waals surface area (Å²) in [6, 6.07) is 11.5. The Morgan fingerprint density at radius 2 is 1.76 bits per heavy atom. The van der Waals surface area contributed by atoms with Crippen LogP contribution in [0.4, 0.5) is 0 Å². The molecule has 3 rings (SSSR count). The van der Waals surface area contributed by atoms with E-state index >= 15 is 0 Å². The molecule has 0 radical (unpaired) electrons. The summed E-state index contributed by atoms with van der Waals surface area (Å²) in [6.45, 7) is 1.07. The van der Waals surface area contributed by atoms with Crippen LogP contribution in [0.5, 0.6) is 5.75 Å². The molecule has 0 aliphatic carbocycles. The fourth-order valence-electron chi connectivity index (χ4n) is 3.04. The molecule has 2 aromatic rings. The Bertz CT molecular complexity index is 976. The van der Waals surface area contributed by atoms with Crippen molar-refractivity contribution in [1.29, 1.82) is 0 Å². The minimum Gasteiger partial charge on any atom is -0.482 e. The molecular formula is C20H22Cl2N2O4S. The van der Waals surface area contributed by atoms with Crippen molar-refractivity contribution in [3.05, 3.63) is 58.1 Å². The third kappa shape index (κ3) is 5.63. The average Bonchev–Trinajstić information content (AvgIpc) is 2.73. The van der Waals surface area contributed by atoms with Crippen molar-refractivity contribution < 1.29 is 17.9 Å². The maximum absolute atomic E-state index is 12.7. The van der Waals surface area contributed by atoms with Gasteiger partial charge in [0.25, 0.3) is 5.91 Å². The number of nitrogens with zero attached hydrogens (tertiary/aromatic N) is 1. The highest BCUT2D eigenvalue weighted by Crippen LogP contribution is 2.29. The van der Waals surface area contributed by atoms with Gasteiger partial charge >= 0.3 is 0 Å². The molecule has 0 atom stereocenters. The van der Waals surface area contributed by atoms with E-state index in [0.29, 0.717) is 18.1 Å². The largest absolute Gasteiger partial charge is 0.482 e. The molecule has 1 amide bonds. The first kappa shape index (κ1) is 21.9. The molecule has 29 heavy (non-hydrogen) atoms. The number of amides is 1. The fourth-order valence-corrected chi connectivity index (χ4v) is 5.09. The number of halogens is 2. The van der Waals surface area contributed by atoms with Crippen LogP contribution in [0.25, 0.3) is 0 Å². The van der Waals surface area contributed by atoms with Crippen LogP contribution in [0.3, 0.4) is 0 Å². The number of carbonyl (C=O) groups is 1. The van der Waals surface area contributed by atoms with Crippen molar-refractivity contribution in [3.63, 3.8) is 0 Å². The van der Waals surface area contributed by atoms with E-state index in [1.54, 1.807) is 6.07 Å². The van der Waals surface area contributed by atoms with Crippen molar-refractivity contribution in [3.8, 4) is 5.75 Å². The summed E-state index contributed by atoms with van der Waals surface area (Å²) >= 11 is 12.3. The van der Waals surface area contributed by atoms with Crippen LogP contribution >= 0.6 is 23.2 Å². The van der Waals surface area contributed by atoms with Gasteiger partial charge in [-0.15, -0.1) is 0 Å². The number of ether oxygens (including phenoxy) is 1. The number of hydrogen-bond donors (Lipinski definition) is 1. The van der Waals surface area contributed by atoms with Crippen LogP contribution in [0.2, 0.25) is 10.0 Å². The summed E-state index contributed by atoms with van der Waals surface area (Å²) in [7, 11) is -3.57. The smallest absolute Gasteiger partial charge is 0.258 e. The monoisotopic (exact) mass is 456 g/mol. The van der Waals surface area contributed by atoms with Gasteiger partial charge < -0.3 is 10.1 Å². The van der Waals surface area contributed by atoms with Crippen molar-refractivity contribution in [2.45, 2.75) is 30.7 Å². The molecule has 1 N–H and O–H groups in total. The molecule has 1 aliphatic rings. The minimum atomic E-state index is -3.57. The highest BCUT2D eigenvalue weighted by atomic mass is 35.5.